The van der Waals surface area contributed by atoms with E-state index in [0.29, 0.717) is 18.8 Å². The van der Waals surface area contributed by atoms with Crippen molar-refractivity contribution in [2.45, 2.75) is 38.3 Å². The summed E-state index contributed by atoms with van der Waals surface area (Å²) in [5.41, 5.74) is 4.22. The molecule has 1 aliphatic heterocycles. The maximum absolute atomic E-state index is 14.9. The molecule has 2 unspecified atom stereocenters. The van der Waals surface area contributed by atoms with Gasteiger partial charge in [0.05, 0.1) is 24.4 Å². The molecule has 2 fully saturated rings. The van der Waals surface area contributed by atoms with Crippen LogP contribution in [-0.2, 0) is 4.74 Å². The molecule has 1 aliphatic carbocycles. The Hall–Kier alpha value is -2.13. The molecule has 2 nitrogen and oxygen atoms in total. The Kier molecular flexibility index (Phi) is 4.58. The van der Waals surface area contributed by atoms with E-state index in [2.05, 4.69) is 23.1 Å². The third-order valence-corrected chi connectivity index (χ3v) is 5.20. The van der Waals surface area contributed by atoms with E-state index in [1.54, 1.807) is 6.07 Å². The van der Waals surface area contributed by atoms with Crippen molar-refractivity contribution in [2.24, 2.45) is 0 Å². The van der Waals surface area contributed by atoms with Crippen molar-refractivity contribution in [2.75, 3.05) is 18.1 Å². The van der Waals surface area contributed by atoms with Gasteiger partial charge in [-0.25, -0.2) is 4.39 Å². The second-order valence-corrected chi connectivity index (χ2v) is 7.09. The Labute approximate surface area is 148 Å². The van der Waals surface area contributed by atoms with Crippen molar-refractivity contribution in [1.29, 1.82) is 0 Å². The number of anilines is 1. The van der Waals surface area contributed by atoms with Crippen LogP contribution in [0.1, 0.15) is 43.4 Å². The van der Waals surface area contributed by atoms with Gasteiger partial charge < -0.3 is 9.64 Å². The van der Waals surface area contributed by atoms with E-state index >= 15 is 0 Å². The Morgan fingerprint density at radius 3 is 2.60 bits per heavy atom. The zero-order valence-electron chi connectivity index (χ0n) is 14.6. The summed E-state index contributed by atoms with van der Waals surface area (Å²) in [5.74, 6) is -0.149. The number of benzene rings is 2. The lowest BCUT2D eigenvalue weighted by Gasteiger charge is -2.40. The topological polar surface area (TPSA) is 12.5 Å². The largest absolute Gasteiger partial charge is 0.374 e. The minimum Gasteiger partial charge on any atom is -0.374 e. The number of halogens is 1. The molecule has 1 saturated carbocycles. The summed E-state index contributed by atoms with van der Waals surface area (Å²) in [5, 5.41) is 0. The molecule has 1 saturated heterocycles. The monoisotopic (exact) mass is 337 g/mol. The highest BCUT2D eigenvalue weighted by Gasteiger charge is 2.29. The smallest absolute Gasteiger partial charge is 0.147 e. The maximum Gasteiger partial charge on any atom is 0.147 e. The number of hydrogen-bond acceptors (Lipinski definition) is 2. The van der Waals surface area contributed by atoms with Crippen molar-refractivity contribution in [3.05, 3.63) is 71.0 Å². The maximum atomic E-state index is 14.9. The van der Waals surface area contributed by atoms with Gasteiger partial charge in [-0.15, -0.1) is 0 Å². The Morgan fingerprint density at radius 1 is 1.12 bits per heavy atom. The molecule has 0 spiro atoms. The molecule has 0 radical (unpaired) electrons. The lowest BCUT2D eigenvalue weighted by Crippen LogP contribution is -2.44. The number of allylic oxidation sites excluding steroid dienone is 1. The van der Waals surface area contributed by atoms with Gasteiger partial charge >= 0.3 is 0 Å². The molecule has 0 bridgehead atoms. The first-order valence-corrected chi connectivity index (χ1v) is 9.13. The van der Waals surface area contributed by atoms with Crippen LogP contribution in [-0.4, -0.2) is 19.3 Å². The fourth-order valence-corrected chi connectivity index (χ4v) is 3.63. The first-order chi connectivity index (χ1) is 12.2. The fraction of sp³-hybridized carbons (Fsp3) is 0.364. The van der Waals surface area contributed by atoms with Gasteiger partial charge in [-0.3, -0.25) is 0 Å². The molecule has 1 heterocycles. The lowest BCUT2D eigenvalue weighted by molar-refractivity contribution is 0.0300. The number of nitrogens with zero attached hydrogens (tertiary/aromatic N) is 1. The van der Waals surface area contributed by atoms with Gasteiger partial charge in [-0.05, 0) is 49.4 Å². The molecule has 2 aromatic carbocycles. The summed E-state index contributed by atoms with van der Waals surface area (Å²) in [6.07, 6.45) is 5.79. The highest BCUT2D eigenvalue weighted by atomic mass is 19.1. The summed E-state index contributed by atoms with van der Waals surface area (Å²) < 4.78 is 20.8. The van der Waals surface area contributed by atoms with Crippen molar-refractivity contribution in [1.82, 2.24) is 0 Å². The molecule has 0 aromatic heterocycles. The molecule has 130 valence electrons. The minimum absolute atomic E-state index is 0.0442. The molecule has 0 N–H and O–H groups in total. The van der Waals surface area contributed by atoms with Gasteiger partial charge in [-0.1, -0.05) is 48.0 Å². The zero-order valence-corrected chi connectivity index (χ0v) is 14.6. The first kappa shape index (κ1) is 16.3. The van der Waals surface area contributed by atoms with Gasteiger partial charge in [0.25, 0.3) is 0 Å². The van der Waals surface area contributed by atoms with E-state index in [0.717, 1.165) is 24.0 Å². The molecule has 2 aromatic rings. The van der Waals surface area contributed by atoms with E-state index in [-0.39, 0.29) is 18.0 Å². The van der Waals surface area contributed by atoms with Crippen LogP contribution < -0.4 is 4.90 Å². The van der Waals surface area contributed by atoms with Gasteiger partial charge in [0.15, 0.2) is 0 Å². The Morgan fingerprint density at radius 2 is 1.92 bits per heavy atom. The van der Waals surface area contributed by atoms with Crippen molar-refractivity contribution >= 4 is 11.8 Å². The summed E-state index contributed by atoms with van der Waals surface area (Å²) in [7, 11) is 0. The van der Waals surface area contributed by atoms with Crippen LogP contribution in [0.15, 0.2) is 54.1 Å². The highest BCUT2D eigenvalue weighted by molar-refractivity contribution is 5.60. The predicted octanol–water partition coefficient (Wildman–Crippen LogP) is 5.36. The van der Waals surface area contributed by atoms with E-state index in [1.807, 2.05) is 37.3 Å². The summed E-state index contributed by atoms with van der Waals surface area (Å²) in [4.78, 5) is 2.15. The van der Waals surface area contributed by atoms with Gasteiger partial charge in [0.1, 0.15) is 5.82 Å². The van der Waals surface area contributed by atoms with Crippen LogP contribution in [0.2, 0.25) is 0 Å². The lowest BCUT2D eigenvalue weighted by atomic mass is 9.90. The zero-order chi connectivity index (χ0) is 17.2. The fourth-order valence-electron chi connectivity index (χ4n) is 3.63. The predicted molar refractivity (Wildman–Crippen MR) is 100 cm³/mol. The molecule has 25 heavy (non-hydrogen) atoms. The summed E-state index contributed by atoms with van der Waals surface area (Å²) in [6.45, 7) is 3.31. The molecule has 4 rings (SSSR count). The third-order valence-electron chi connectivity index (χ3n) is 5.20. The van der Waals surface area contributed by atoms with E-state index in [9.17, 15) is 4.39 Å². The Balaban J connectivity index is 1.65. The number of hydrogen-bond donors (Lipinski definition) is 0. The second-order valence-electron chi connectivity index (χ2n) is 7.09. The minimum atomic E-state index is -0.149. The molecule has 2 atom stereocenters. The van der Waals surface area contributed by atoms with Gasteiger partial charge in [0, 0.05) is 6.54 Å². The second kappa shape index (κ2) is 7.01. The van der Waals surface area contributed by atoms with E-state index < -0.39 is 0 Å². The number of rotatable bonds is 3. The Bertz CT molecular complexity index is 765. The van der Waals surface area contributed by atoms with Crippen LogP contribution in [0, 0.1) is 5.82 Å². The van der Waals surface area contributed by atoms with Crippen LogP contribution >= 0.6 is 0 Å². The summed E-state index contributed by atoms with van der Waals surface area (Å²) in [6, 6.07) is 15.9. The molecule has 3 heteroatoms. The SMILES string of the molecule is CC1CN(c2ccc(C=C3CCC3)cc2F)C(c2ccccc2)CO1. The summed E-state index contributed by atoms with van der Waals surface area (Å²) >= 11 is 0. The number of morpholine rings is 1. The molecule has 2 aliphatic rings. The average molecular weight is 337 g/mol. The highest BCUT2D eigenvalue weighted by Crippen LogP contribution is 2.34. The average Bonchev–Trinajstić information content (AvgIpc) is 2.59. The molecular weight excluding hydrogens is 313 g/mol. The number of ether oxygens (including phenoxy) is 1. The van der Waals surface area contributed by atoms with E-state index in [1.165, 1.54) is 12.0 Å². The molecule has 0 amide bonds. The van der Waals surface area contributed by atoms with Crippen molar-refractivity contribution < 1.29 is 9.13 Å². The first-order valence-electron chi connectivity index (χ1n) is 9.13. The van der Waals surface area contributed by atoms with Crippen LogP contribution in [0.3, 0.4) is 0 Å². The molecular formula is C22H24FNO. The van der Waals surface area contributed by atoms with Crippen molar-refractivity contribution in [3.8, 4) is 0 Å². The quantitative estimate of drug-likeness (QED) is 0.747. The van der Waals surface area contributed by atoms with Crippen LogP contribution in [0.4, 0.5) is 10.1 Å². The standard InChI is InChI=1S/C22H24FNO/c1-16-14-24(22(15-25-16)19-8-3-2-4-9-19)21-11-10-18(13-20(21)23)12-17-6-5-7-17/h2-4,8-13,16,22H,5-7,14-15H2,1H3. The van der Waals surface area contributed by atoms with Crippen LogP contribution in [0.25, 0.3) is 6.08 Å². The van der Waals surface area contributed by atoms with E-state index in [4.69, 9.17) is 4.74 Å². The van der Waals surface area contributed by atoms with Gasteiger partial charge in [0.2, 0.25) is 0 Å². The van der Waals surface area contributed by atoms with Crippen molar-refractivity contribution in [3.63, 3.8) is 0 Å². The normalized spacial score (nSPS) is 23.3. The third kappa shape index (κ3) is 3.47. The van der Waals surface area contributed by atoms with Crippen LogP contribution in [0.5, 0.6) is 0 Å². The van der Waals surface area contributed by atoms with Gasteiger partial charge in [-0.2, -0.15) is 0 Å².